The highest BCUT2D eigenvalue weighted by Gasteiger charge is 2.23. The Bertz CT molecular complexity index is 831. The molecular weight excluding hydrogens is 370 g/mol. The molecule has 0 radical (unpaired) electrons. The fraction of sp³-hybridized carbons (Fsp3) is 0.278. The SMILES string of the molecule is NC(=O)NC(=O)COC(=O)c1cc(-c2ccccc2)c(N2CCOCC2)s1. The topological polar surface area (TPSA) is 111 Å². The normalized spacial score (nSPS) is 13.9. The fourth-order valence-corrected chi connectivity index (χ4v) is 3.81. The second kappa shape index (κ2) is 8.65. The lowest BCUT2D eigenvalue weighted by molar-refractivity contribution is -0.123. The number of nitrogens with zero attached hydrogens (tertiary/aromatic N) is 1. The number of hydrogen-bond donors (Lipinski definition) is 2. The first-order chi connectivity index (χ1) is 13.0. The monoisotopic (exact) mass is 389 g/mol. The van der Waals surface area contributed by atoms with Crippen molar-refractivity contribution in [3.8, 4) is 11.1 Å². The van der Waals surface area contributed by atoms with Crippen LogP contribution < -0.4 is 16.0 Å². The van der Waals surface area contributed by atoms with Gasteiger partial charge < -0.3 is 20.1 Å². The van der Waals surface area contributed by atoms with E-state index in [-0.39, 0.29) is 0 Å². The number of rotatable bonds is 5. The zero-order valence-electron chi connectivity index (χ0n) is 14.5. The standard InChI is InChI=1S/C18H19N3O5S/c19-18(24)20-15(22)11-26-17(23)14-10-13(12-4-2-1-3-5-12)16(27-14)21-6-8-25-9-7-21/h1-5,10H,6-9,11H2,(H3,19,20,22,24). The van der Waals surface area contributed by atoms with E-state index >= 15 is 0 Å². The third-order valence-electron chi connectivity index (χ3n) is 3.89. The van der Waals surface area contributed by atoms with Crippen LogP contribution in [0.1, 0.15) is 9.67 Å². The number of carbonyl (C=O) groups excluding carboxylic acids is 3. The Morgan fingerprint density at radius 1 is 1.19 bits per heavy atom. The first-order valence-corrected chi connectivity index (χ1v) is 9.14. The lowest BCUT2D eigenvalue weighted by Gasteiger charge is -2.28. The molecule has 8 nitrogen and oxygen atoms in total. The van der Waals surface area contributed by atoms with E-state index in [0.717, 1.165) is 29.2 Å². The second-order valence-electron chi connectivity index (χ2n) is 5.78. The Morgan fingerprint density at radius 2 is 1.89 bits per heavy atom. The van der Waals surface area contributed by atoms with E-state index in [1.54, 1.807) is 6.07 Å². The van der Waals surface area contributed by atoms with Gasteiger partial charge in [-0.1, -0.05) is 30.3 Å². The summed E-state index contributed by atoms with van der Waals surface area (Å²) in [4.78, 5) is 37.0. The molecule has 27 heavy (non-hydrogen) atoms. The summed E-state index contributed by atoms with van der Waals surface area (Å²) >= 11 is 1.31. The molecule has 1 aliphatic rings. The van der Waals surface area contributed by atoms with E-state index in [0.29, 0.717) is 18.1 Å². The molecule has 1 fully saturated rings. The molecule has 2 heterocycles. The van der Waals surface area contributed by atoms with Crippen molar-refractivity contribution in [2.75, 3.05) is 37.8 Å². The van der Waals surface area contributed by atoms with Gasteiger partial charge in [0.1, 0.15) is 4.88 Å². The van der Waals surface area contributed by atoms with Crippen LogP contribution >= 0.6 is 11.3 Å². The number of imide groups is 1. The quantitative estimate of drug-likeness (QED) is 0.752. The Hall–Kier alpha value is -2.91. The van der Waals surface area contributed by atoms with Crippen molar-refractivity contribution in [1.29, 1.82) is 0 Å². The van der Waals surface area contributed by atoms with Gasteiger partial charge in [0.25, 0.3) is 5.91 Å². The molecule has 1 aromatic heterocycles. The molecule has 0 bridgehead atoms. The molecule has 142 valence electrons. The summed E-state index contributed by atoms with van der Waals surface area (Å²) in [6, 6.07) is 10.5. The zero-order valence-corrected chi connectivity index (χ0v) is 15.3. The lowest BCUT2D eigenvalue weighted by atomic mass is 10.1. The molecule has 1 aromatic carbocycles. The Kier molecular flexibility index (Phi) is 6.05. The van der Waals surface area contributed by atoms with Gasteiger partial charge in [-0.15, -0.1) is 11.3 Å². The minimum atomic E-state index is -0.992. The van der Waals surface area contributed by atoms with Crippen molar-refractivity contribution in [3.05, 3.63) is 41.3 Å². The van der Waals surface area contributed by atoms with Crippen molar-refractivity contribution >= 4 is 34.2 Å². The molecule has 3 N–H and O–H groups in total. The molecular formula is C18H19N3O5S. The average Bonchev–Trinajstić information content (AvgIpc) is 3.12. The number of anilines is 1. The number of benzene rings is 1. The molecule has 1 saturated heterocycles. The molecule has 0 atom stereocenters. The number of esters is 1. The molecule has 0 spiro atoms. The van der Waals surface area contributed by atoms with Crippen LogP contribution in [0.2, 0.25) is 0 Å². The number of amides is 3. The largest absolute Gasteiger partial charge is 0.451 e. The van der Waals surface area contributed by atoms with Crippen LogP contribution in [0.15, 0.2) is 36.4 Å². The number of primary amides is 1. The molecule has 0 aliphatic carbocycles. The van der Waals surface area contributed by atoms with E-state index in [4.69, 9.17) is 15.2 Å². The van der Waals surface area contributed by atoms with Gasteiger partial charge >= 0.3 is 12.0 Å². The third-order valence-corrected chi connectivity index (χ3v) is 5.07. The molecule has 2 aromatic rings. The second-order valence-corrected chi connectivity index (χ2v) is 6.81. The van der Waals surface area contributed by atoms with Gasteiger partial charge in [-0.2, -0.15) is 0 Å². The first-order valence-electron chi connectivity index (χ1n) is 8.33. The van der Waals surface area contributed by atoms with Crippen LogP contribution in [0.25, 0.3) is 11.1 Å². The Morgan fingerprint density at radius 3 is 2.56 bits per heavy atom. The van der Waals surface area contributed by atoms with Crippen molar-refractivity contribution in [2.24, 2.45) is 5.73 Å². The first kappa shape index (κ1) is 18.9. The zero-order chi connectivity index (χ0) is 19.2. The summed E-state index contributed by atoms with van der Waals surface area (Å²) in [6.45, 7) is 2.14. The van der Waals surface area contributed by atoms with E-state index in [9.17, 15) is 14.4 Å². The number of urea groups is 1. The van der Waals surface area contributed by atoms with Crippen LogP contribution in [0.5, 0.6) is 0 Å². The van der Waals surface area contributed by atoms with Gasteiger partial charge in [0, 0.05) is 18.7 Å². The van der Waals surface area contributed by atoms with E-state index < -0.39 is 24.5 Å². The maximum Gasteiger partial charge on any atom is 0.348 e. The van der Waals surface area contributed by atoms with Crippen molar-refractivity contribution in [2.45, 2.75) is 0 Å². The number of thiophene rings is 1. The molecule has 3 rings (SSSR count). The van der Waals surface area contributed by atoms with Crippen molar-refractivity contribution in [1.82, 2.24) is 5.32 Å². The Balaban J connectivity index is 1.81. The molecule has 1 aliphatic heterocycles. The smallest absolute Gasteiger partial charge is 0.348 e. The molecule has 3 amide bonds. The maximum atomic E-state index is 12.4. The number of nitrogens with two attached hydrogens (primary N) is 1. The number of carbonyl (C=O) groups is 3. The Labute approximate surface area is 159 Å². The van der Waals surface area contributed by atoms with Gasteiger partial charge in [0.15, 0.2) is 6.61 Å². The van der Waals surface area contributed by atoms with Gasteiger partial charge in [-0.25, -0.2) is 9.59 Å². The van der Waals surface area contributed by atoms with Crippen LogP contribution in [-0.4, -0.2) is 50.8 Å². The molecule has 0 unspecified atom stereocenters. The highest BCUT2D eigenvalue weighted by Crippen LogP contribution is 2.39. The molecule has 9 heteroatoms. The van der Waals surface area contributed by atoms with Gasteiger partial charge in [0.05, 0.1) is 18.2 Å². The number of morpholine rings is 1. The van der Waals surface area contributed by atoms with Crippen molar-refractivity contribution < 1.29 is 23.9 Å². The summed E-state index contributed by atoms with van der Waals surface area (Å²) in [5, 5.41) is 2.80. The summed E-state index contributed by atoms with van der Waals surface area (Å²) < 4.78 is 10.4. The van der Waals surface area contributed by atoms with Crippen molar-refractivity contribution in [3.63, 3.8) is 0 Å². The van der Waals surface area contributed by atoms with E-state index in [1.165, 1.54) is 11.3 Å². The van der Waals surface area contributed by atoms with Gasteiger partial charge in [-0.05, 0) is 11.6 Å². The predicted octanol–water partition coefficient (Wildman–Crippen LogP) is 1.60. The maximum absolute atomic E-state index is 12.4. The minimum Gasteiger partial charge on any atom is -0.451 e. The number of nitrogens with one attached hydrogen (secondary N) is 1. The van der Waals surface area contributed by atoms with E-state index in [2.05, 4.69) is 4.90 Å². The van der Waals surface area contributed by atoms with Crippen LogP contribution in [0.4, 0.5) is 9.80 Å². The summed E-state index contributed by atoms with van der Waals surface area (Å²) in [5.41, 5.74) is 6.77. The van der Waals surface area contributed by atoms with Gasteiger partial charge in [0.2, 0.25) is 0 Å². The van der Waals surface area contributed by atoms with Gasteiger partial charge in [-0.3, -0.25) is 10.1 Å². The van der Waals surface area contributed by atoms with Crippen LogP contribution in [-0.2, 0) is 14.3 Å². The van der Waals surface area contributed by atoms with Crippen LogP contribution in [0.3, 0.4) is 0 Å². The predicted molar refractivity (Wildman–Crippen MR) is 101 cm³/mol. The summed E-state index contributed by atoms with van der Waals surface area (Å²) in [6.07, 6.45) is 0. The van der Waals surface area contributed by atoms with Crippen LogP contribution in [0, 0.1) is 0 Å². The summed E-state index contributed by atoms with van der Waals surface area (Å²) in [7, 11) is 0. The summed E-state index contributed by atoms with van der Waals surface area (Å²) in [5.74, 6) is -1.40. The highest BCUT2D eigenvalue weighted by molar-refractivity contribution is 7.18. The fourth-order valence-electron chi connectivity index (χ4n) is 2.68. The lowest BCUT2D eigenvalue weighted by Crippen LogP contribution is -2.37. The average molecular weight is 389 g/mol. The molecule has 0 saturated carbocycles. The number of hydrogen-bond acceptors (Lipinski definition) is 7. The third kappa shape index (κ3) is 4.83. The van der Waals surface area contributed by atoms with E-state index in [1.807, 2.05) is 35.6 Å². The minimum absolute atomic E-state index is 0.377. The highest BCUT2D eigenvalue weighted by atomic mass is 32.1. The number of ether oxygens (including phenoxy) is 2.